The summed E-state index contributed by atoms with van der Waals surface area (Å²) >= 11 is 0. The van der Waals surface area contributed by atoms with Gasteiger partial charge in [0.1, 0.15) is 5.58 Å². The van der Waals surface area contributed by atoms with Gasteiger partial charge in [0.15, 0.2) is 5.76 Å². The Hall–Kier alpha value is -2.30. The van der Waals surface area contributed by atoms with Gasteiger partial charge in [-0.15, -0.1) is 0 Å². The van der Waals surface area contributed by atoms with Crippen LogP contribution in [0.4, 0.5) is 0 Å². The summed E-state index contributed by atoms with van der Waals surface area (Å²) in [6, 6.07) is 5.79. The van der Waals surface area contributed by atoms with E-state index in [2.05, 4.69) is 5.32 Å². The van der Waals surface area contributed by atoms with Crippen molar-refractivity contribution in [2.75, 3.05) is 0 Å². The first-order valence-corrected chi connectivity index (χ1v) is 7.45. The van der Waals surface area contributed by atoms with Crippen LogP contribution >= 0.6 is 0 Å². The third-order valence-electron chi connectivity index (χ3n) is 4.55. The highest BCUT2D eigenvalue weighted by Crippen LogP contribution is 2.36. The number of carbonyl (C=O) groups excluding carboxylic acids is 1. The van der Waals surface area contributed by atoms with Gasteiger partial charge in [-0.3, -0.25) is 9.59 Å². The zero-order valence-electron chi connectivity index (χ0n) is 12.7. The number of hydrogen-bond donors (Lipinski definition) is 2. The van der Waals surface area contributed by atoms with Crippen molar-refractivity contribution in [2.24, 2.45) is 0 Å². The zero-order chi connectivity index (χ0) is 15.9. The second-order valence-corrected chi connectivity index (χ2v) is 6.17. The van der Waals surface area contributed by atoms with Gasteiger partial charge in [-0.1, -0.05) is 18.2 Å². The van der Waals surface area contributed by atoms with E-state index >= 15 is 0 Å². The van der Waals surface area contributed by atoms with Crippen LogP contribution in [0.15, 0.2) is 22.6 Å². The predicted molar refractivity (Wildman–Crippen MR) is 82.0 cm³/mol. The van der Waals surface area contributed by atoms with Crippen LogP contribution in [0.5, 0.6) is 0 Å². The van der Waals surface area contributed by atoms with Gasteiger partial charge in [-0.2, -0.15) is 0 Å². The number of benzene rings is 1. The van der Waals surface area contributed by atoms with Crippen LogP contribution in [0.2, 0.25) is 0 Å². The van der Waals surface area contributed by atoms with Crippen molar-refractivity contribution in [2.45, 2.75) is 45.1 Å². The van der Waals surface area contributed by atoms with Gasteiger partial charge in [0.2, 0.25) is 0 Å². The fraction of sp³-hybridized carbons (Fsp3) is 0.412. The van der Waals surface area contributed by atoms with E-state index in [0.717, 1.165) is 22.9 Å². The molecule has 3 rings (SSSR count). The Morgan fingerprint density at radius 3 is 2.59 bits per heavy atom. The number of rotatable bonds is 4. The highest BCUT2D eigenvalue weighted by Gasteiger charge is 2.41. The van der Waals surface area contributed by atoms with Crippen LogP contribution in [0.25, 0.3) is 11.0 Å². The smallest absolute Gasteiger partial charge is 0.305 e. The average molecular weight is 301 g/mol. The Bertz CT molecular complexity index is 755. The van der Waals surface area contributed by atoms with Gasteiger partial charge < -0.3 is 14.8 Å². The molecule has 1 aliphatic carbocycles. The van der Waals surface area contributed by atoms with E-state index in [1.807, 2.05) is 32.0 Å². The summed E-state index contributed by atoms with van der Waals surface area (Å²) < 4.78 is 5.75. The van der Waals surface area contributed by atoms with Crippen molar-refractivity contribution in [1.29, 1.82) is 0 Å². The van der Waals surface area contributed by atoms with Gasteiger partial charge in [0.05, 0.1) is 12.0 Å². The Kier molecular flexibility index (Phi) is 3.43. The average Bonchev–Trinajstić information content (AvgIpc) is 2.75. The normalized spacial score (nSPS) is 16.3. The lowest BCUT2D eigenvalue weighted by molar-refractivity contribution is -0.139. The molecule has 5 heteroatoms. The molecule has 1 aliphatic rings. The lowest BCUT2D eigenvalue weighted by atomic mass is 9.74. The number of aryl methyl sites for hydroxylation is 2. The molecule has 0 unspecified atom stereocenters. The molecule has 0 radical (unpaired) electrons. The minimum atomic E-state index is -0.892. The number of carboxylic acid groups (broad SMARTS) is 1. The van der Waals surface area contributed by atoms with Crippen LogP contribution in [0.1, 0.15) is 47.4 Å². The fourth-order valence-corrected chi connectivity index (χ4v) is 3.14. The number of hydrogen-bond acceptors (Lipinski definition) is 3. The summed E-state index contributed by atoms with van der Waals surface area (Å²) in [6.07, 6.45) is 2.29. The molecule has 116 valence electrons. The number of aliphatic carboxylic acids is 1. The monoisotopic (exact) mass is 301 g/mol. The molecule has 1 saturated carbocycles. The number of para-hydroxylation sites is 1. The standard InChI is InChI=1S/C17H19NO4/c1-10-5-3-6-12-11(2)15(22-14(10)12)16(21)18-17(7-4-8-17)9-13(19)20/h3,5-6H,4,7-9H2,1-2H3,(H,18,21)(H,19,20). The quantitative estimate of drug-likeness (QED) is 0.909. The zero-order valence-corrected chi connectivity index (χ0v) is 12.7. The first-order chi connectivity index (χ1) is 10.4. The lowest BCUT2D eigenvalue weighted by Crippen LogP contribution is -2.54. The van der Waals surface area contributed by atoms with E-state index in [9.17, 15) is 9.59 Å². The Morgan fingerprint density at radius 2 is 2.05 bits per heavy atom. The van der Waals surface area contributed by atoms with Crippen molar-refractivity contribution < 1.29 is 19.1 Å². The summed E-state index contributed by atoms with van der Waals surface area (Å²) in [5.41, 5.74) is 1.86. The molecule has 1 aromatic carbocycles. The molecule has 2 aromatic rings. The SMILES string of the molecule is Cc1c(C(=O)NC2(CC(=O)O)CCC2)oc2c(C)cccc12. The van der Waals surface area contributed by atoms with Gasteiger partial charge >= 0.3 is 5.97 Å². The first kappa shape index (κ1) is 14.6. The van der Waals surface area contributed by atoms with Crippen LogP contribution < -0.4 is 5.32 Å². The molecule has 0 aliphatic heterocycles. The largest absolute Gasteiger partial charge is 0.481 e. The Balaban J connectivity index is 1.91. The third kappa shape index (κ3) is 2.36. The molecular weight excluding hydrogens is 282 g/mol. The molecule has 5 nitrogen and oxygen atoms in total. The molecule has 0 bridgehead atoms. The number of amides is 1. The maximum absolute atomic E-state index is 12.5. The minimum Gasteiger partial charge on any atom is -0.481 e. The maximum atomic E-state index is 12.5. The second kappa shape index (κ2) is 5.16. The summed E-state index contributed by atoms with van der Waals surface area (Å²) in [4.78, 5) is 23.5. The number of furan rings is 1. The molecule has 1 aromatic heterocycles. The fourth-order valence-electron chi connectivity index (χ4n) is 3.14. The first-order valence-electron chi connectivity index (χ1n) is 7.45. The molecule has 0 saturated heterocycles. The minimum absolute atomic E-state index is 0.0446. The van der Waals surface area contributed by atoms with Crippen molar-refractivity contribution in [3.05, 3.63) is 35.1 Å². The predicted octanol–water partition coefficient (Wildman–Crippen LogP) is 3.18. The summed E-state index contributed by atoms with van der Waals surface area (Å²) in [7, 11) is 0. The van der Waals surface area contributed by atoms with Crippen LogP contribution in [-0.4, -0.2) is 22.5 Å². The van der Waals surface area contributed by atoms with E-state index < -0.39 is 11.5 Å². The van der Waals surface area contributed by atoms with E-state index in [4.69, 9.17) is 9.52 Å². The van der Waals surface area contributed by atoms with Crippen molar-refractivity contribution in [1.82, 2.24) is 5.32 Å². The number of carbonyl (C=O) groups is 2. The molecule has 22 heavy (non-hydrogen) atoms. The van der Waals surface area contributed by atoms with Crippen molar-refractivity contribution >= 4 is 22.8 Å². The van der Waals surface area contributed by atoms with Crippen molar-refractivity contribution in [3.63, 3.8) is 0 Å². The molecule has 0 atom stereocenters. The van der Waals surface area contributed by atoms with Gasteiger partial charge in [-0.25, -0.2) is 0 Å². The Labute approximate surface area is 128 Å². The van der Waals surface area contributed by atoms with Gasteiger partial charge in [-0.05, 0) is 38.7 Å². The summed E-state index contributed by atoms with van der Waals surface area (Å²) in [5, 5.41) is 12.8. The molecule has 2 N–H and O–H groups in total. The van der Waals surface area contributed by atoms with Crippen LogP contribution in [-0.2, 0) is 4.79 Å². The van der Waals surface area contributed by atoms with Gasteiger partial charge in [0.25, 0.3) is 5.91 Å². The van der Waals surface area contributed by atoms with Gasteiger partial charge in [0, 0.05) is 10.9 Å². The molecule has 1 amide bonds. The molecule has 0 spiro atoms. The van der Waals surface area contributed by atoms with Crippen LogP contribution in [0.3, 0.4) is 0 Å². The topological polar surface area (TPSA) is 79.5 Å². The van der Waals surface area contributed by atoms with Crippen molar-refractivity contribution in [3.8, 4) is 0 Å². The molecule has 1 fully saturated rings. The highest BCUT2D eigenvalue weighted by atomic mass is 16.4. The number of carboxylic acids is 1. The molecule has 1 heterocycles. The number of fused-ring (bicyclic) bond motifs is 1. The number of nitrogens with one attached hydrogen (secondary N) is 1. The summed E-state index contributed by atoms with van der Waals surface area (Å²) in [5.74, 6) is -0.938. The summed E-state index contributed by atoms with van der Waals surface area (Å²) in [6.45, 7) is 3.79. The lowest BCUT2D eigenvalue weighted by Gasteiger charge is -2.41. The third-order valence-corrected chi connectivity index (χ3v) is 4.55. The van der Waals surface area contributed by atoms with E-state index in [1.165, 1.54) is 0 Å². The Morgan fingerprint density at radius 1 is 1.32 bits per heavy atom. The van der Waals surface area contributed by atoms with E-state index in [1.54, 1.807) is 0 Å². The maximum Gasteiger partial charge on any atom is 0.305 e. The van der Waals surface area contributed by atoms with Crippen LogP contribution in [0, 0.1) is 13.8 Å². The highest BCUT2D eigenvalue weighted by molar-refractivity contribution is 6.00. The second-order valence-electron chi connectivity index (χ2n) is 6.17. The van der Waals surface area contributed by atoms with E-state index in [0.29, 0.717) is 18.4 Å². The van der Waals surface area contributed by atoms with E-state index in [-0.39, 0.29) is 18.1 Å². The molecular formula is C17H19NO4.